The number of furan rings is 1. The maximum Gasteiger partial charge on any atom is 0.371 e. The summed E-state index contributed by atoms with van der Waals surface area (Å²) >= 11 is 0. The number of carboxylic acid groups (broad SMARTS) is 1. The molecule has 1 aromatic carbocycles. The molecule has 0 radical (unpaired) electrons. The number of aliphatic hydroxyl groups is 1. The minimum Gasteiger partial charge on any atom is -0.475 e. The molecular formula is C19H25NO4. The molecule has 0 bridgehead atoms. The molecular weight excluding hydrogens is 306 g/mol. The molecule has 2 aromatic rings. The molecule has 0 aliphatic heterocycles. The number of aromatic carboxylic acids is 1. The average Bonchev–Trinajstić information content (AvgIpc) is 3.02. The van der Waals surface area contributed by atoms with E-state index in [0.29, 0.717) is 5.92 Å². The van der Waals surface area contributed by atoms with Crippen LogP contribution in [0.4, 0.5) is 0 Å². The van der Waals surface area contributed by atoms with Crippen molar-refractivity contribution in [3.8, 4) is 11.1 Å². The zero-order valence-electron chi connectivity index (χ0n) is 14.5. The molecule has 130 valence electrons. The molecule has 5 nitrogen and oxygen atoms in total. The summed E-state index contributed by atoms with van der Waals surface area (Å²) in [5, 5.41) is 22.5. The third-order valence-electron chi connectivity index (χ3n) is 4.18. The smallest absolute Gasteiger partial charge is 0.371 e. The first-order valence-electron chi connectivity index (χ1n) is 8.06. The fourth-order valence-corrected chi connectivity index (χ4v) is 2.45. The van der Waals surface area contributed by atoms with E-state index >= 15 is 0 Å². The van der Waals surface area contributed by atoms with Crippen LogP contribution >= 0.6 is 0 Å². The van der Waals surface area contributed by atoms with Gasteiger partial charge in [-0.15, -0.1) is 0 Å². The van der Waals surface area contributed by atoms with E-state index in [1.807, 2.05) is 38.1 Å². The van der Waals surface area contributed by atoms with Crippen LogP contribution in [0.5, 0.6) is 0 Å². The Kier molecular flexibility index (Phi) is 5.47. The summed E-state index contributed by atoms with van der Waals surface area (Å²) in [4.78, 5) is 10.9. The Bertz CT molecular complexity index is 686. The highest BCUT2D eigenvalue weighted by Gasteiger charge is 2.29. The second kappa shape index (κ2) is 7.20. The van der Waals surface area contributed by atoms with Crippen molar-refractivity contribution in [3.05, 3.63) is 47.9 Å². The first kappa shape index (κ1) is 18.2. The second-order valence-electron chi connectivity index (χ2n) is 7.01. The van der Waals surface area contributed by atoms with Gasteiger partial charge in [0, 0.05) is 11.0 Å². The monoisotopic (exact) mass is 331 g/mol. The van der Waals surface area contributed by atoms with Crippen LogP contribution in [-0.2, 0) is 5.41 Å². The van der Waals surface area contributed by atoms with E-state index in [1.54, 1.807) is 0 Å². The van der Waals surface area contributed by atoms with Gasteiger partial charge in [-0.2, -0.15) is 0 Å². The Hall–Kier alpha value is -2.11. The molecule has 1 atom stereocenters. The van der Waals surface area contributed by atoms with E-state index in [2.05, 4.69) is 19.2 Å². The van der Waals surface area contributed by atoms with Crippen LogP contribution in [0.3, 0.4) is 0 Å². The molecule has 24 heavy (non-hydrogen) atoms. The molecule has 5 heteroatoms. The molecule has 0 fully saturated rings. The summed E-state index contributed by atoms with van der Waals surface area (Å²) in [6.45, 7) is 8.91. The molecule has 2 rings (SSSR count). The van der Waals surface area contributed by atoms with Crippen molar-refractivity contribution >= 4 is 5.97 Å². The van der Waals surface area contributed by atoms with Gasteiger partial charge in [-0.3, -0.25) is 5.32 Å². The van der Waals surface area contributed by atoms with Gasteiger partial charge in [-0.05, 0) is 29.7 Å². The van der Waals surface area contributed by atoms with Gasteiger partial charge in [0.1, 0.15) is 6.23 Å². The topological polar surface area (TPSA) is 82.7 Å². The maximum atomic E-state index is 10.9. The van der Waals surface area contributed by atoms with Crippen molar-refractivity contribution in [3.63, 3.8) is 0 Å². The molecule has 1 aromatic heterocycles. The number of aliphatic hydroxyl groups excluding tert-OH is 1. The minimum absolute atomic E-state index is 0.0808. The SMILES string of the molecule is CC(C)CNC(O)C(C)(C)c1ccc(-c2coc(C(=O)O)c2)cc1. The van der Waals surface area contributed by atoms with Crippen molar-refractivity contribution in [2.24, 2.45) is 5.92 Å². The van der Waals surface area contributed by atoms with Gasteiger partial charge in [-0.1, -0.05) is 52.0 Å². The number of carboxylic acids is 1. The fraction of sp³-hybridized carbons (Fsp3) is 0.421. The summed E-state index contributed by atoms with van der Waals surface area (Å²) in [5.74, 6) is -0.705. The van der Waals surface area contributed by atoms with Crippen LogP contribution in [0.1, 0.15) is 43.8 Å². The highest BCUT2D eigenvalue weighted by molar-refractivity contribution is 5.86. The first-order valence-corrected chi connectivity index (χ1v) is 8.06. The van der Waals surface area contributed by atoms with Crippen molar-refractivity contribution < 1.29 is 19.4 Å². The van der Waals surface area contributed by atoms with E-state index in [0.717, 1.165) is 23.2 Å². The van der Waals surface area contributed by atoms with Crippen LogP contribution in [0, 0.1) is 5.92 Å². The molecule has 0 amide bonds. The lowest BCUT2D eigenvalue weighted by Gasteiger charge is -2.32. The molecule has 0 aliphatic carbocycles. The van der Waals surface area contributed by atoms with E-state index in [9.17, 15) is 9.90 Å². The lowest BCUT2D eigenvalue weighted by atomic mass is 9.82. The number of hydrogen-bond acceptors (Lipinski definition) is 4. The number of carbonyl (C=O) groups is 1. The minimum atomic E-state index is -1.08. The fourth-order valence-electron chi connectivity index (χ4n) is 2.45. The molecule has 1 unspecified atom stereocenters. The predicted octanol–water partition coefficient (Wildman–Crippen LogP) is 3.49. The molecule has 3 N–H and O–H groups in total. The van der Waals surface area contributed by atoms with E-state index in [1.165, 1.54) is 12.3 Å². The van der Waals surface area contributed by atoms with Gasteiger partial charge < -0.3 is 14.6 Å². The van der Waals surface area contributed by atoms with Crippen LogP contribution in [0.25, 0.3) is 11.1 Å². The standard InChI is InChI=1S/C19H25NO4/c1-12(2)10-20-18(23)19(3,4)15-7-5-13(6-8-15)14-9-16(17(21)22)24-11-14/h5-9,11-12,18,20,23H,10H2,1-4H3,(H,21,22). The Balaban J connectivity index is 2.16. The van der Waals surface area contributed by atoms with Crippen molar-refractivity contribution in [2.75, 3.05) is 6.54 Å². The summed E-state index contributed by atoms with van der Waals surface area (Å²) < 4.78 is 5.02. The van der Waals surface area contributed by atoms with Gasteiger partial charge in [0.25, 0.3) is 0 Å². The summed E-state index contributed by atoms with van der Waals surface area (Å²) in [6.07, 6.45) is 0.779. The highest BCUT2D eigenvalue weighted by Crippen LogP contribution is 2.29. The Labute approximate surface area is 142 Å². The summed E-state index contributed by atoms with van der Waals surface area (Å²) in [6, 6.07) is 9.21. The number of hydrogen-bond donors (Lipinski definition) is 3. The van der Waals surface area contributed by atoms with E-state index in [-0.39, 0.29) is 5.76 Å². The zero-order chi connectivity index (χ0) is 17.9. The molecule has 0 spiro atoms. The summed E-state index contributed by atoms with van der Waals surface area (Å²) in [7, 11) is 0. The molecule has 1 heterocycles. The predicted molar refractivity (Wildman–Crippen MR) is 93.0 cm³/mol. The maximum absolute atomic E-state index is 10.9. The van der Waals surface area contributed by atoms with Gasteiger partial charge >= 0.3 is 5.97 Å². The first-order chi connectivity index (χ1) is 11.2. The van der Waals surface area contributed by atoms with Crippen LogP contribution in [0.15, 0.2) is 41.0 Å². The highest BCUT2D eigenvalue weighted by atomic mass is 16.4. The van der Waals surface area contributed by atoms with E-state index in [4.69, 9.17) is 9.52 Å². The molecule has 0 aliphatic rings. The number of rotatable bonds is 7. The van der Waals surface area contributed by atoms with Crippen molar-refractivity contribution in [1.82, 2.24) is 5.32 Å². The van der Waals surface area contributed by atoms with Crippen molar-refractivity contribution in [1.29, 1.82) is 0 Å². The molecule has 0 saturated carbocycles. The average molecular weight is 331 g/mol. The van der Waals surface area contributed by atoms with E-state index < -0.39 is 17.6 Å². The lowest BCUT2D eigenvalue weighted by molar-refractivity contribution is 0.0643. The second-order valence-corrected chi connectivity index (χ2v) is 7.01. The van der Waals surface area contributed by atoms with Crippen LogP contribution in [-0.4, -0.2) is 29.0 Å². The number of benzene rings is 1. The van der Waals surface area contributed by atoms with Gasteiger partial charge in [0.15, 0.2) is 0 Å². The normalized spacial score (nSPS) is 13.2. The van der Waals surface area contributed by atoms with Crippen molar-refractivity contribution in [2.45, 2.75) is 39.3 Å². The van der Waals surface area contributed by atoms with Crippen LogP contribution < -0.4 is 5.32 Å². The zero-order valence-corrected chi connectivity index (χ0v) is 14.5. The lowest BCUT2D eigenvalue weighted by Crippen LogP contribution is -2.45. The largest absolute Gasteiger partial charge is 0.475 e. The third kappa shape index (κ3) is 4.04. The Morgan fingerprint density at radius 3 is 2.33 bits per heavy atom. The Morgan fingerprint density at radius 1 is 1.21 bits per heavy atom. The van der Waals surface area contributed by atoms with Gasteiger partial charge in [0.2, 0.25) is 5.76 Å². The number of nitrogens with one attached hydrogen (secondary N) is 1. The van der Waals surface area contributed by atoms with Crippen LogP contribution in [0.2, 0.25) is 0 Å². The quantitative estimate of drug-likeness (QED) is 0.677. The Morgan fingerprint density at radius 2 is 1.83 bits per heavy atom. The third-order valence-corrected chi connectivity index (χ3v) is 4.18. The summed E-state index contributed by atoms with van der Waals surface area (Å²) in [5.41, 5.74) is 2.14. The molecule has 0 saturated heterocycles. The van der Waals surface area contributed by atoms with Gasteiger partial charge in [0.05, 0.1) is 6.26 Å². The van der Waals surface area contributed by atoms with Gasteiger partial charge in [-0.25, -0.2) is 4.79 Å².